The molecule has 0 amide bonds. The summed E-state index contributed by atoms with van der Waals surface area (Å²) < 4.78 is 43.7. The molecule has 8 nitrogen and oxygen atoms in total. The van der Waals surface area contributed by atoms with Crippen molar-refractivity contribution in [1.29, 1.82) is 5.26 Å². The van der Waals surface area contributed by atoms with Gasteiger partial charge in [0.1, 0.15) is 24.3 Å². The fourth-order valence-electron chi connectivity index (χ4n) is 6.36. The van der Waals surface area contributed by atoms with Crippen LogP contribution in [0.15, 0.2) is 78.0 Å². The number of anilines is 1. The van der Waals surface area contributed by atoms with Crippen molar-refractivity contribution in [2.45, 2.75) is 48.0 Å². The zero-order valence-corrected chi connectivity index (χ0v) is 23.5. The number of fused-ring (bicyclic) bond motifs is 1. The molecule has 3 aromatic carbocycles. The highest BCUT2D eigenvalue weighted by Gasteiger charge is 2.47. The molecule has 1 aromatic heterocycles. The molecule has 2 bridgehead atoms. The summed E-state index contributed by atoms with van der Waals surface area (Å²) in [7, 11) is -2.30. The van der Waals surface area contributed by atoms with Gasteiger partial charge in [0.25, 0.3) is 10.0 Å². The number of sulfonamides is 1. The van der Waals surface area contributed by atoms with Gasteiger partial charge in [0.05, 0.1) is 17.1 Å². The molecule has 0 spiro atoms. The predicted octanol–water partition coefficient (Wildman–Crippen LogP) is 5.61. The number of aromatic nitrogens is 2. The average Bonchev–Trinajstić information content (AvgIpc) is 3.49. The average molecular weight is 573 g/mol. The van der Waals surface area contributed by atoms with Gasteiger partial charge in [-0.1, -0.05) is 48.5 Å². The van der Waals surface area contributed by atoms with Crippen LogP contribution in [0.2, 0.25) is 0 Å². The van der Waals surface area contributed by atoms with Crippen LogP contribution >= 0.6 is 11.5 Å². The molecule has 1 unspecified atom stereocenters. The van der Waals surface area contributed by atoms with Crippen LogP contribution < -0.4 is 9.46 Å². The maximum atomic E-state index is 12.8. The molecule has 204 valence electrons. The van der Waals surface area contributed by atoms with Gasteiger partial charge >= 0.3 is 0 Å². The van der Waals surface area contributed by atoms with E-state index in [9.17, 15) is 13.7 Å². The Balaban J connectivity index is 1.26. The molecule has 1 atom stereocenters. The highest BCUT2D eigenvalue weighted by Crippen LogP contribution is 2.58. The van der Waals surface area contributed by atoms with Crippen LogP contribution in [0, 0.1) is 11.3 Å². The van der Waals surface area contributed by atoms with Gasteiger partial charge in [-0.25, -0.2) is 13.4 Å². The first kappa shape index (κ1) is 26.4. The number of nitrogens with zero attached hydrogens (tertiary/aromatic N) is 3. The summed E-state index contributed by atoms with van der Waals surface area (Å²) in [5.41, 5.74) is 5.66. The fourth-order valence-corrected chi connectivity index (χ4v) is 8.05. The molecule has 4 aromatic rings. The Labute approximate surface area is 237 Å². The van der Waals surface area contributed by atoms with Crippen molar-refractivity contribution in [1.82, 2.24) is 9.36 Å². The first-order valence-electron chi connectivity index (χ1n) is 13.1. The topological polar surface area (TPSA) is 114 Å². The number of hydrogen-bond donors (Lipinski definition) is 1. The molecule has 3 aliphatic carbocycles. The third-order valence-electron chi connectivity index (χ3n) is 8.07. The number of nitriles is 1. The van der Waals surface area contributed by atoms with Gasteiger partial charge in [0.2, 0.25) is 5.13 Å². The van der Waals surface area contributed by atoms with Crippen LogP contribution in [0.1, 0.15) is 59.4 Å². The molecule has 0 radical (unpaired) electrons. The molecule has 3 aliphatic rings. The van der Waals surface area contributed by atoms with E-state index in [1.165, 1.54) is 46.8 Å². The molecule has 1 heterocycles. The van der Waals surface area contributed by atoms with E-state index in [4.69, 9.17) is 9.47 Å². The highest BCUT2D eigenvalue weighted by molar-refractivity contribution is 7.93. The number of nitrogens with one attached hydrogen (secondary N) is 1. The minimum absolute atomic E-state index is 0.0547. The smallest absolute Gasteiger partial charge is 0.263 e. The Morgan fingerprint density at radius 3 is 2.50 bits per heavy atom. The zero-order chi connectivity index (χ0) is 27.7. The third-order valence-corrected chi connectivity index (χ3v) is 10.1. The standard InChI is InChI=1S/C30H28N4O4S2/c1-37-18-21(38-28-11-10-22(16-20(28)17-31)40(35,36)34-29-32-19-33-39-29)12-14-30-15-13-23(24-6-2-4-8-26(24)30)25-7-3-5-9-27(25)30/h2-11,16,19,21,23H,12-15,18H2,1H3,(H,32,33,34). The zero-order valence-electron chi connectivity index (χ0n) is 21.9. The Morgan fingerprint density at radius 2 is 1.85 bits per heavy atom. The second-order valence-corrected chi connectivity index (χ2v) is 12.7. The molecule has 7 rings (SSSR count). The van der Waals surface area contributed by atoms with Crippen molar-refractivity contribution in [2.75, 3.05) is 18.4 Å². The maximum Gasteiger partial charge on any atom is 0.263 e. The number of ether oxygens (including phenoxy) is 2. The van der Waals surface area contributed by atoms with Crippen LogP contribution in [0.5, 0.6) is 5.75 Å². The summed E-state index contributed by atoms with van der Waals surface area (Å²) in [6, 6.07) is 23.9. The van der Waals surface area contributed by atoms with Crippen LogP contribution in [0.25, 0.3) is 0 Å². The van der Waals surface area contributed by atoms with Crippen molar-refractivity contribution >= 4 is 26.7 Å². The summed E-state index contributed by atoms with van der Waals surface area (Å²) in [4.78, 5) is 3.81. The first-order valence-corrected chi connectivity index (χ1v) is 15.4. The minimum atomic E-state index is -3.93. The molecule has 0 saturated heterocycles. The van der Waals surface area contributed by atoms with E-state index in [2.05, 4.69) is 68.7 Å². The summed E-state index contributed by atoms with van der Waals surface area (Å²) in [6.07, 6.45) is 4.69. The molecule has 1 N–H and O–H groups in total. The quantitative estimate of drug-likeness (QED) is 0.263. The van der Waals surface area contributed by atoms with E-state index < -0.39 is 10.0 Å². The van der Waals surface area contributed by atoms with Crippen LogP contribution in [0.3, 0.4) is 0 Å². The van der Waals surface area contributed by atoms with E-state index in [0.29, 0.717) is 24.7 Å². The van der Waals surface area contributed by atoms with Gasteiger partial charge in [-0.05, 0) is 66.1 Å². The molecule has 10 heteroatoms. The molecule has 0 saturated carbocycles. The van der Waals surface area contributed by atoms with Gasteiger partial charge in [-0.2, -0.15) is 9.64 Å². The Hall–Kier alpha value is -3.78. The van der Waals surface area contributed by atoms with E-state index in [1.807, 2.05) is 0 Å². The van der Waals surface area contributed by atoms with Crippen LogP contribution in [-0.2, 0) is 20.2 Å². The number of rotatable bonds is 10. The van der Waals surface area contributed by atoms with Crippen molar-refractivity contribution < 1.29 is 17.9 Å². The second kappa shape index (κ2) is 10.7. The van der Waals surface area contributed by atoms with Gasteiger partial charge < -0.3 is 9.47 Å². The van der Waals surface area contributed by atoms with Crippen molar-refractivity contribution in [3.05, 3.63) is 101 Å². The monoisotopic (exact) mass is 572 g/mol. The lowest BCUT2D eigenvalue weighted by Crippen LogP contribution is -2.41. The maximum absolute atomic E-state index is 12.8. The molecule has 0 fully saturated rings. The van der Waals surface area contributed by atoms with Gasteiger partial charge in [0.15, 0.2) is 0 Å². The number of methoxy groups -OCH3 is 1. The summed E-state index contributed by atoms with van der Waals surface area (Å²) in [6.45, 7) is 0.339. The van der Waals surface area contributed by atoms with Crippen molar-refractivity contribution in [3.63, 3.8) is 0 Å². The van der Waals surface area contributed by atoms with Crippen LogP contribution in [0.4, 0.5) is 5.13 Å². The molecular formula is C30H28N4O4S2. The van der Waals surface area contributed by atoms with E-state index in [-0.39, 0.29) is 27.1 Å². The van der Waals surface area contributed by atoms with Crippen molar-refractivity contribution in [3.8, 4) is 11.8 Å². The summed E-state index contributed by atoms with van der Waals surface area (Å²) in [5.74, 6) is 0.764. The first-order chi connectivity index (χ1) is 19.4. The summed E-state index contributed by atoms with van der Waals surface area (Å²) in [5, 5.41) is 10.00. The number of hydrogen-bond acceptors (Lipinski definition) is 8. The predicted molar refractivity (Wildman–Crippen MR) is 152 cm³/mol. The van der Waals surface area contributed by atoms with E-state index >= 15 is 0 Å². The molecule has 40 heavy (non-hydrogen) atoms. The number of benzene rings is 3. The Kier molecular flexibility index (Phi) is 7.04. The fraction of sp³-hybridized carbons (Fsp3) is 0.300. The van der Waals surface area contributed by atoms with Crippen LogP contribution in [-0.4, -0.2) is 37.6 Å². The largest absolute Gasteiger partial charge is 0.487 e. The lowest BCUT2D eigenvalue weighted by atomic mass is 9.54. The lowest BCUT2D eigenvalue weighted by Gasteiger charge is -2.50. The third kappa shape index (κ3) is 4.64. The SMILES string of the molecule is COCC(CCC12CCC(c3ccccc31)c1ccccc12)Oc1ccc(S(=O)(=O)Nc2ncns2)cc1C#N. The summed E-state index contributed by atoms with van der Waals surface area (Å²) >= 11 is 0.929. The molecule has 0 aliphatic heterocycles. The van der Waals surface area contributed by atoms with Crippen molar-refractivity contribution in [2.24, 2.45) is 0 Å². The van der Waals surface area contributed by atoms with Gasteiger partial charge in [0, 0.05) is 30.0 Å². The van der Waals surface area contributed by atoms with E-state index in [1.54, 1.807) is 7.11 Å². The van der Waals surface area contributed by atoms with E-state index in [0.717, 1.165) is 30.8 Å². The molecular weight excluding hydrogens is 544 g/mol. The highest BCUT2D eigenvalue weighted by atomic mass is 32.2. The normalized spacial score (nSPS) is 19.8. The minimum Gasteiger partial charge on any atom is -0.487 e. The second-order valence-electron chi connectivity index (χ2n) is 10.2. The van der Waals surface area contributed by atoms with Gasteiger partial charge in [-0.3, -0.25) is 4.72 Å². The lowest BCUT2D eigenvalue weighted by molar-refractivity contribution is 0.0695. The Bertz CT molecular complexity index is 1630. The van der Waals surface area contributed by atoms with Gasteiger partial charge in [-0.15, -0.1) is 0 Å². The Morgan fingerprint density at radius 1 is 1.12 bits per heavy atom.